The predicted octanol–water partition coefficient (Wildman–Crippen LogP) is 3.74. The molecule has 0 aromatic carbocycles. The number of ether oxygens (including phenoxy) is 1. The Bertz CT molecular complexity index is 1140. The second kappa shape index (κ2) is 11.5. The first-order valence-corrected chi connectivity index (χ1v) is 18.0. The van der Waals surface area contributed by atoms with Gasteiger partial charge in [-0.25, -0.2) is 4.18 Å². The SMILES string of the molecule is CO[P+](=O)O[C@H]1C2C3C(CC[C@]2(C)C2[C@H](C)C[C@H]([C@@H](C)C(C)C)O[C@@H]21)[C@@]1(C)CC[C@@H](OS(=O)(=O)O)[C@H](O)C1[C@H](O)[C@@H]3O. The Balaban J connectivity index is 1.54. The Kier molecular flexibility index (Phi) is 9.07. The van der Waals surface area contributed by atoms with Crippen molar-refractivity contribution in [1.29, 1.82) is 0 Å². The lowest BCUT2D eigenvalue weighted by atomic mass is 9.42. The third kappa shape index (κ3) is 5.23. The fraction of sp³-hybridized carbons (Fsp3) is 1.00. The van der Waals surface area contributed by atoms with Gasteiger partial charge in [0.05, 0.1) is 37.6 Å². The lowest BCUT2D eigenvalue weighted by Gasteiger charge is -2.64. The molecule has 0 aromatic rings. The molecule has 0 amide bonds. The van der Waals surface area contributed by atoms with Gasteiger partial charge in [-0.05, 0) is 78.4 Å². The van der Waals surface area contributed by atoms with Gasteiger partial charge in [0.2, 0.25) is 0 Å². The van der Waals surface area contributed by atoms with Gasteiger partial charge in [0.25, 0.3) is 0 Å². The minimum Gasteiger partial charge on any atom is -0.390 e. The van der Waals surface area contributed by atoms with Crippen LogP contribution < -0.4 is 0 Å². The lowest BCUT2D eigenvalue weighted by molar-refractivity contribution is -0.253. The zero-order valence-corrected chi connectivity index (χ0v) is 27.4. The molecule has 1 aliphatic heterocycles. The highest BCUT2D eigenvalue weighted by atomic mass is 32.3. The van der Waals surface area contributed by atoms with Crippen molar-refractivity contribution in [2.24, 2.45) is 58.2 Å². The summed E-state index contributed by atoms with van der Waals surface area (Å²) in [5.74, 6) is -0.675. The molecule has 1 heterocycles. The Morgan fingerprint density at radius 2 is 1.60 bits per heavy atom. The van der Waals surface area contributed by atoms with Crippen molar-refractivity contribution >= 4 is 18.7 Å². The van der Waals surface area contributed by atoms with Crippen LogP contribution in [0, 0.1) is 58.2 Å². The first-order chi connectivity index (χ1) is 19.5. The zero-order chi connectivity index (χ0) is 31.1. The highest BCUT2D eigenvalue weighted by Crippen LogP contribution is 2.70. The van der Waals surface area contributed by atoms with Gasteiger partial charge in [0, 0.05) is 16.4 Å². The zero-order valence-electron chi connectivity index (χ0n) is 25.7. The Hall–Kier alpha value is -0.270. The van der Waals surface area contributed by atoms with Crippen LogP contribution in [0.3, 0.4) is 0 Å². The smallest absolute Gasteiger partial charge is 0.390 e. The van der Waals surface area contributed by atoms with E-state index in [1.165, 1.54) is 7.11 Å². The lowest BCUT2D eigenvalue weighted by Crippen LogP contribution is -2.68. The van der Waals surface area contributed by atoms with E-state index in [0.29, 0.717) is 18.3 Å². The van der Waals surface area contributed by atoms with Crippen LogP contribution in [0.1, 0.15) is 73.6 Å². The minimum atomic E-state index is -4.82. The minimum absolute atomic E-state index is 0.00400. The molecule has 0 bridgehead atoms. The summed E-state index contributed by atoms with van der Waals surface area (Å²) in [4.78, 5) is 0. The van der Waals surface area contributed by atoms with Crippen molar-refractivity contribution in [1.82, 2.24) is 0 Å². The number of fused-ring (bicyclic) bond motifs is 7. The topological polar surface area (TPSA) is 169 Å². The van der Waals surface area contributed by atoms with E-state index in [2.05, 4.69) is 34.6 Å². The van der Waals surface area contributed by atoms with E-state index in [4.69, 9.17) is 18.0 Å². The Morgan fingerprint density at radius 1 is 0.952 bits per heavy atom. The molecule has 0 aromatic heterocycles. The summed E-state index contributed by atoms with van der Waals surface area (Å²) in [6, 6.07) is 0. The van der Waals surface area contributed by atoms with E-state index >= 15 is 0 Å². The molecule has 11 nitrogen and oxygen atoms in total. The van der Waals surface area contributed by atoms with Crippen LogP contribution in [-0.4, -0.2) is 78.1 Å². The highest BCUT2D eigenvalue weighted by Gasteiger charge is 2.73. The molecule has 242 valence electrons. The van der Waals surface area contributed by atoms with Gasteiger partial charge >= 0.3 is 18.7 Å². The van der Waals surface area contributed by atoms with Crippen molar-refractivity contribution in [3.63, 3.8) is 0 Å². The maximum Gasteiger partial charge on any atom is 0.697 e. The molecule has 17 atom stereocenters. The number of aliphatic hydroxyl groups excluding tert-OH is 3. The third-order valence-electron chi connectivity index (χ3n) is 12.7. The van der Waals surface area contributed by atoms with Gasteiger partial charge in [-0.15, -0.1) is 9.05 Å². The molecular formula is C29H50O11PS+. The van der Waals surface area contributed by atoms with Gasteiger partial charge < -0.3 is 20.1 Å². The second-order valence-corrected chi connectivity index (χ2v) is 16.9. The van der Waals surface area contributed by atoms with Crippen molar-refractivity contribution in [3.8, 4) is 0 Å². The average Bonchev–Trinajstić information content (AvgIpc) is 3.15. The van der Waals surface area contributed by atoms with Crippen molar-refractivity contribution in [2.75, 3.05) is 7.11 Å². The highest BCUT2D eigenvalue weighted by molar-refractivity contribution is 7.80. The van der Waals surface area contributed by atoms with Crippen LogP contribution in [0.5, 0.6) is 0 Å². The van der Waals surface area contributed by atoms with Gasteiger partial charge in [-0.2, -0.15) is 8.42 Å². The first kappa shape index (κ1) is 33.1. The van der Waals surface area contributed by atoms with E-state index in [1.807, 2.05) is 6.92 Å². The summed E-state index contributed by atoms with van der Waals surface area (Å²) < 4.78 is 68.0. The summed E-state index contributed by atoms with van der Waals surface area (Å²) in [5.41, 5.74) is -0.994. The van der Waals surface area contributed by atoms with Gasteiger partial charge in [0.1, 0.15) is 12.2 Å². The fourth-order valence-electron chi connectivity index (χ4n) is 10.6. The summed E-state index contributed by atoms with van der Waals surface area (Å²) in [6.07, 6.45) is -3.25. The largest absolute Gasteiger partial charge is 0.697 e. The molecule has 4 saturated carbocycles. The molecule has 4 N–H and O–H groups in total. The summed E-state index contributed by atoms with van der Waals surface area (Å²) in [6.45, 7) is 13.0. The summed E-state index contributed by atoms with van der Waals surface area (Å²) >= 11 is 0. The van der Waals surface area contributed by atoms with Crippen LogP contribution in [0.25, 0.3) is 0 Å². The molecule has 5 rings (SSSR count). The number of rotatable bonds is 7. The number of hydrogen-bond donors (Lipinski definition) is 4. The molecule has 13 heteroatoms. The van der Waals surface area contributed by atoms with E-state index in [-0.39, 0.29) is 47.7 Å². The van der Waals surface area contributed by atoms with Crippen molar-refractivity contribution < 1.29 is 50.8 Å². The maximum absolute atomic E-state index is 12.8. The number of hydrogen-bond acceptors (Lipinski definition) is 10. The summed E-state index contributed by atoms with van der Waals surface area (Å²) in [7, 11) is -5.93. The molecule has 4 aliphatic carbocycles. The van der Waals surface area contributed by atoms with E-state index in [0.717, 1.165) is 19.3 Å². The molecule has 0 radical (unpaired) electrons. The fourth-order valence-corrected chi connectivity index (χ4v) is 11.6. The van der Waals surface area contributed by atoms with Crippen LogP contribution in [0.4, 0.5) is 0 Å². The Morgan fingerprint density at radius 3 is 2.19 bits per heavy atom. The monoisotopic (exact) mass is 637 g/mol. The van der Waals surface area contributed by atoms with Crippen molar-refractivity contribution in [3.05, 3.63) is 0 Å². The van der Waals surface area contributed by atoms with Gasteiger partial charge in [-0.3, -0.25) is 4.55 Å². The Labute approximate surface area is 250 Å². The predicted molar refractivity (Wildman–Crippen MR) is 153 cm³/mol. The third-order valence-corrected chi connectivity index (χ3v) is 13.9. The normalized spacial score (nSPS) is 51.7. The van der Waals surface area contributed by atoms with Crippen LogP contribution in [0.2, 0.25) is 0 Å². The van der Waals surface area contributed by atoms with E-state index < -0.39 is 66.4 Å². The standard InChI is InChI=1S/C29H49O11PS/c1-13(2)15(4)18-12-14(3)20-26(38-18)27(39-41(33)37-7)21-19-16(8-10-29(20,21)6)28(5)11-9-17(40-42(34,35)36)23(30)22(28)25(32)24(19)31/h13-27,30-32H,8-12H2,1-7H3/p+1/t14-,15+,16?,17-,18-,19?,20?,21?,22?,23+,24-,25+,26+,27+,28-,29-/m1/s1. The van der Waals surface area contributed by atoms with E-state index in [9.17, 15) is 32.9 Å². The molecule has 1 saturated heterocycles. The number of aliphatic hydroxyl groups is 3. The second-order valence-electron chi connectivity index (χ2n) is 14.8. The molecule has 5 aliphatic rings. The molecular weight excluding hydrogens is 587 g/mol. The van der Waals surface area contributed by atoms with Crippen molar-refractivity contribution in [2.45, 2.75) is 116 Å². The van der Waals surface area contributed by atoms with Crippen LogP contribution in [0.15, 0.2) is 0 Å². The average molecular weight is 638 g/mol. The van der Waals surface area contributed by atoms with Gasteiger partial charge in [0.15, 0.2) is 0 Å². The molecule has 42 heavy (non-hydrogen) atoms. The summed E-state index contributed by atoms with van der Waals surface area (Å²) in [5, 5.41) is 34.8. The molecule has 0 spiro atoms. The first-order valence-electron chi connectivity index (χ1n) is 15.5. The molecule has 5 fully saturated rings. The van der Waals surface area contributed by atoms with Gasteiger partial charge in [-0.1, -0.05) is 41.5 Å². The van der Waals surface area contributed by atoms with E-state index in [1.54, 1.807) is 0 Å². The molecule has 6 unspecified atom stereocenters. The maximum atomic E-state index is 12.8. The van der Waals surface area contributed by atoms with Crippen LogP contribution >= 0.6 is 8.25 Å². The quantitative estimate of drug-likeness (QED) is 0.237. The van der Waals surface area contributed by atoms with Crippen LogP contribution in [-0.2, 0) is 32.9 Å².